The molecule has 0 radical (unpaired) electrons. The Balaban J connectivity index is 2.85. The van der Waals surface area contributed by atoms with Crippen LogP contribution >= 0.6 is 0 Å². The summed E-state index contributed by atoms with van der Waals surface area (Å²) < 4.78 is 0. The topological polar surface area (TPSA) is 69.0 Å². The summed E-state index contributed by atoms with van der Waals surface area (Å²) in [5, 5.41) is 11.8. The number of carbonyl (C=O) groups is 1. The molecule has 1 unspecified atom stereocenters. The SMILES string of the molecule is Cc1cc(C#N)cc(NC(C)C(=O)N(C)C)n1. The predicted octanol–water partition coefficient (Wildman–Crippen LogP) is 1.15. The Hall–Kier alpha value is -2.09. The van der Waals surface area contributed by atoms with Gasteiger partial charge in [-0.1, -0.05) is 0 Å². The third-order valence-corrected chi connectivity index (χ3v) is 2.26. The van der Waals surface area contributed by atoms with E-state index < -0.39 is 0 Å². The molecule has 0 aromatic carbocycles. The fourth-order valence-electron chi connectivity index (χ4n) is 1.48. The second-order valence-electron chi connectivity index (χ2n) is 4.09. The van der Waals surface area contributed by atoms with Crippen molar-refractivity contribution >= 4 is 11.7 Å². The van der Waals surface area contributed by atoms with Gasteiger partial charge in [-0.3, -0.25) is 4.79 Å². The lowest BCUT2D eigenvalue weighted by Crippen LogP contribution is -2.36. The maximum atomic E-state index is 11.7. The standard InChI is InChI=1S/C12H16N4O/c1-8-5-10(7-13)6-11(14-8)15-9(2)12(17)16(3)4/h5-6,9H,1-4H3,(H,14,15). The van der Waals surface area contributed by atoms with Gasteiger partial charge in [0, 0.05) is 19.8 Å². The van der Waals surface area contributed by atoms with Crippen molar-refractivity contribution in [2.75, 3.05) is 19.4 Å². The van der Waals surface area contributed by atoms with Crippen LogP contribution in [0.1, 0.15) is 18.2 Å². The van der Waals surface area contributed by atoms with Crippen molar-refractivity contribution in [3.63, 3.8) is 0 Å². The molecule has 1 aromatic heterocycles. The second-order valence-corrected chi connectivity index (χ2v) is 4.09. The molecule has 0 aliphatic carbocycles. The van der Waals surface area contributed by atoms with E-state index in [0.29, 0.717) is 11.4 Å². The molecule has 1 amide bonds. The average Bonchev–Trinajstić information content (AvgIpc) is 2.26. The van der Waals surface area contributed by atoms with Gasteiger partial charge >= 0.3 is 0 Å². The van der Waals surface area contributed by atoms with Gasteiger partial charge in [-0.25, -0.2) is 4.98 Å². The molecule has 1 atom stereocenters. The molecule has 0 fully saturated rings. The van der Waals surface area contributed by atoms with Crippen molar-refractivity contribution in [1.82, 2.24) is 9.88 Å². The number of nitrogens with zero attached hydrogens (tertiary/aromatic N) is 3. The number of pyridine rings is 1. The normalized spacial score (nSPS) is 11.5. The minimum absolute atomic E-state index is 0.0354. The second kappa shape index (κ2) is 5.30. The Labute approximate surface area is 101 Å². The molecule has 5 nitrogen and oxygen atoms in total. The van der Waals surface area contributed by atoms with Gasteiger partial charge < -0.3 is 10.2 Å². The van der Waals surface area contributed by atoms with Crippen LogP contribution in [0, 0.1) is 18.3 Å². The van der Waals surface area contributed by atoms with Crippen LogP contribution < -0.4 is 5.32 Å². The number of aryl methyl sites for hydroxylation is 1. The maximum absolute atomic E-state index is 11.7. The van der Waals surface area contributed by atoms with E-state index in [4.69, 9.17) is 5.26 Å². The van der Waals surface area contributed by atoms with E-state index in [9.17, 15) is 4.79 Å². The number of hydrogen-bond donors (Lipinski definition) is 1. The predicted molar refractivity (Wildman–Crippen MR) is 65.5 cm³/mol. The molecular weight excluding hydrogens is 216 g/mol. The Bertz CT molecular complexity index is 462. The van der Waals surface area contributed by atoms with Gasteiger partial charge in [-0.2, -0.15) is 5.26 Å². The summed E-state index contributed by atoms with van der Waals surface area (Å²) in [4.78, 5) is 17.4. The summed E-state index contributed by atoms with van der Waals surface area (Å²) >= 11 is 0. The molecule has 1 heterocycles. The highest BCUT2D eigenvalue weighted by Gasteiger charge is 2.15. The fraction of sp³-hybridized carbons (Fsp3) is 0.417. The number of anilines is 1. The molecular formula is C12H16N4O. The van der Waals surface area contributed by atoms with Crippen LogP contribution in [0.5, 0.6) is 0 Å². The van der Waals surface area contributed by atoms with E-state index in [1.54, 1.807) is 33.2 Å². The molecule has 1 rings (SSSR count). The molecule has 17 heavy (non-hydrogen) atoms. The molecule has 0 spiro atoms. The van der Waals surface area contributed by atoms with E-state index in [0.717, 1.165) is 5.69 Å². The average molecular weight is 232 g/mol. The number of carbonyl (C=O) groups excluding carboxylic acids is 1. The summed E-state index contributed by atoms with van der Waals surface area (Å²) in [6.45, 7) is 3.57. The molecule has 0 aliphatic rings. The first-order valence-corrected chi connectivity index (χ1v) is 5.30. The number of aromatic nitrogens is 1. The molecule has 0 saturated heterocycles. The highest BCUT2D eigenvalue weighted by Crippen LogP contribution is 2.10. The highest BCUT2D eigenvalue weighted by atomic mass is 16.2. The van der Waals surface area contributed by atoms with Gasteiger partial charge in [-0.05, 0) is 26.0 Å². The van der Waals surface area contributed by atoms with E-state index in [1.807, 2.05) is 6.92 Å². The third kappa shape index (κ3) is 3.45. The number of nitriles is 1. The number of rotatable bonds is 3. The summed E-state index contributed by atoms with van der Waals surface area (Å²) in [5.74, 6) is 0.510. The van der Waals surface area contributed by atoms with Crippen molar-refractivity contribution in [1.29, 1.82) is 5.26 Å². The van der Waals surface area contributed by atoms with E-state index in [-0.39, 0.29) is 11.9 Å². The van der Waals surface area contributed by atoms with Gasteiger partial charge in [-0.15, -0.1) is 0 Å². The Morgan fingerprint density at radius 3 is 2.71 bits per heavy atom. The van der Waals surface area contributed by atoms with Crippen molar-refractivity contribution in [3.05, 3.63) is 23.4 Å². The van der Waals surface area contributed by atoms with Crippen LogP contribution in [0.15, 0.2) is 12.1 Å². The summed E-state index contributed by atoms with van der Waals surface area (Å²) in [6.07, 6.45) is 0. The van der Waals surface area contributed by atoms with Crippen molar-refractivity contribution < 1.29 is 4.79 Å². The van der Waals surface area contributed by atoms with Crippen LogP contribution in [0.25, 0.3) is 0 Å². The Kier molecular flexibility index (Phi) is 4.05. The first-order valence-electron chi connectivity index (χ1n) is 5.30. The number of likely N-dealkylation sites (N-methyl/N-ethyl adjacent to an activating group) is 1. The van der Waals surface area contributed by atoms with Crippen LogP contribution in [-0.2, 0) is 4.79 Å². The molecule has 90 valence electrons. The molecule has 0 aliphatic heterocycles. The first-order chi connectivity index (χ1) is 7.93. The molecule has 0 saturated carbocycles. The summed E-state index contributed by atoms with van der Waals surface area (Å²) in [7, 11) is 3.40. The summed E-state index contributed by atoms with van der Waals surface area (Å²) in [6, 6.07) is 5.02. The van der Waals surface area contributed by atoms with Crippen LogP contribution in [0.2, 0.25) is 0 Å². The lowest BCUT2D eigenvalue weighted by Gasteiger charge is -2.18. The van der Waals surface area contributed by atoms with Crippen molar-refractivity contribution in [2.45, 2.75) is 19.9 Å². The van der Waals surface area contributed by atoms with E-state index >= 15 is 0 Å². The minimum Gasteiger partial charge on any atom is -0.359 e. The first kappa shape index (κ1) is 13.0. The van der Waals surface area contributed by atoms with E-state index in [2.05, 4.69) is 16.4 Å². The van der Waals surface area contributed by atoms with E-state index in [1.165, 1.54) is 4.90 Å². The van der Waals surface area contributed by atoms with Crippen LogP contribution in [0.3, 0.4) is 0 Å². The molecule has 0 bridgehead atoms. The van der Waals surface area contributed by atoms with Crippen LogP contribution in [-0.4, -0.2) is 35.9 Å². The number of nitrogens with one attached hydrogen (secondary N) is 1. The lowest BCUT2D eigenvalue weighted by molar-refractivity contribution is -0.129. The van der Waals surface area contributed by atoms with Gasteiger partial charge in [0.05, 0.1) is 11.6 Å². The zero-order valence-electron chi connectivity index (χ0n) is 10.5. The smallest absolute Gasteiger partial charge is 0.244 e. The zero-order chi connectivity index (χ0) is 13.0. The van der Waals surface area contributed by atoms with Gasteiger partial charge in [0.1, 0.15) is 11.9 Å². The third-order valence-electron chi connectivity index (χ3n) is 2.26. The lowest BCUT2D eigenvalue weighted by atomic mass is 10.2. The molecule has 5 heteroatoms. The zero-order valence-corrected chi connectivity index (χ0v) is 10.5. The monoisotopic (exact) mass is 232 g/mol. The quantitative estimate of drug-likeness (QED) is 0.848. The van der Waals surface area contributed by atoms with Gasteiger partial charge in [0.15, 0.2) is 0 Å². The number of amides is 1. The molecule has 1 aromatic rings. The Morgan fingerprint density at radius 1 is 1.53 bits per heavy atom. The number of hydrogen-bond acceptors (Lipinski definition) is 4. The van der Waals surface area contributed by atoms with Gasteiger partial charge in [0.25, 0.3) is 0 Å². The summed E-state index contributed by atoms with van der Waals surface area (Å²) in [5.41, 5.74) is 1.28. The fourth-order valence-corrected chi connectivity index (χ4v) is 1.48. The largest absolute Gasteiger partial charge is 0.359 e. The van der Waals surface area contributed by atoms with Crippen molar-refractivity contribution in [2.24, 2.45) is 0 Å². The highest BCUT2D eigenvalue weighted by molar-refractivity contribution is 5.83. The maximum Gasteiger partial charge on any atom is 0.244 e. The Morgan fingerprint density at radius 2 is 2.18 bits per heavy atom. The minimum atomic E-state index is -0.370. The van der Waals surface area contributed by atoms with Crippen molar-refractivity contribution in [3.8, 4) is 6.07 Å². The van der Waals surface area contributed by atoms with Gasteiger partial charge in [0.2, 0.25) is 5.91 Å². The van der Waals surface area contributed by atoms with Crippen LogP contribution in [0.4, 0.5) is 5.82 Å². The molecule has 1 N–H and O–H groups in total.